The minimum atomic E-state index is -0.170. The maximum absolute atomic E-state index is 12.1. The van der Waals surface area contributed by atoms with Crippen molar-refractivity contribution in [1.29, 1.82) is 0 Å². The van der Waals surface area contributed by atoms with Gasteiger partial charge in [0.1, 0.15) is 11.5 Å². The lowest BCUT2D eigenvalue weighted by molar-refractivity contribution is -0.144. The number of nitrogens with zero attached hydrogens (tertiary/aromatic N) is 1. The number of hydrogen-bond donors (Lipinski definition) is 0. The molecule has 0 aliphatic heterocycles. The maximum atomic E-state index is 12.1. The molecular formula is C23H31NO4. The third kappa shape index (κ3) is 5.99. The van der Waals surface area contributed by atoms with Gasteiger partial charge in [-0.1, -0.05) is 24.3 Å². The van der Waals surface area contributed by atoms with E-state index in [0.717, 1.165) is 23.6 Å². The molecule has 28 heavy (non-hydrogen) atoms. The molecule has 0 aromatic heterocycles. The Hall–Kier alpha value is -2.53. The minimum absolute atomic E-state index is 0.0262. The summed E-state index contributed by atoms with van der Waals surface area (Å²) in [4.78, 5) is 14.4. The van der Waals surface area contributed by atoms with Crippen LogP contribution in [0.15, 0.2) is 48.5 Å². The molecule has 0 bridgehead atoms. The van der Waals surface area contributed by atoms with E-state index in [-0.39, 0.29) is 18.1 Å². The number of ether oxygens (including phenoxy) is 3. The van der Waals surface area contributed by atoms with Crippen LogP contribution >= 0.6 is 0 Å². The fraction of sp³-hybridized carbons (Fsp3) is 0.435. The Morgan fingerprint density at radius 2 is 1.46 bits per heavy atom. The molecular weight excluding hydrogens is 354 g/mol. The van der Waals surface area contributed by atoms with E-state index in [1.165, 1.54) is 5.56 Å². The first kappa shape index (κ1) is 21.8. The molecule has 0 heterocycles. The van der Waals surface area contributed by atoms with Crippen molar-refractivity contribution in [1.82, 2.24) is 4.90 Å². The molecule has 2 aromatic rings. The van der Waals surface area contributed by atoms with Gasteiger partial charge in [0.05, 0.1) is 27.2 Å². The summed E-state index contributed by atoms with van der Waals surface area (Å²) in [5.74, 6) is 1.49. The van der Waals surface area contributed by atoms with Crippen LogP contribution in [0.4, 0.5) is 0 Å². The van der Waals surface area contributed by atoms with Gasteiger partial charge in [-0.05, 0) is 56.2 Å². The highest BCUT2D eigenvalue weighted by Gasteiger charge is 2.24. The molecule has 0 N–H and O–H groups in total. The molecule has 0 aliphatic rings. The fourth-order valence-corrected chi connectivity index (χ4v) is 3.27. The SMILES string of the molecule is CCOC(=O)C[C@H](C)N(Cc1ccc(OC)cc1)[C@H](C)c1ccc(OC)cc1. The molecule has 2 atom stereocenters. The zero-order chi connectivity index (χ0) is 20.5. The number of benzene rings is 2. The molecule has 0 unspecified atom stereocenters. The van der Waals surface area contributed by atoms with E-state index in [1.807, 2.05) is 31.2 Å². The predicted octanol–water partition coefficient (Wildman–Crippen LogP) is 4.61. The standard InChI is InChI=1S/C23H31NO4/c1-6-28-23(25)15-17(2)24(16-19-7-11-21(26-4)12-8-19)18(3)20-9-13-22(27-5)14-10-20/h7-14,17-18H,6,15-16H2,1-5H3/t17-,18+/m0/s1. The second-order valence-corrected chi connectivity index (χ2v) is 6.83. The monoisotopic (exact) mass is 385 g/mol. The van der Waals surface area contributed by atoms with Gasteiger partial charge in [0.2, 0.25) is 0 Å². The van der Waals surface area contributed by atoms with E-state index in [4.69, 9.17) is 14.2 Å². The van der Waals surface area contributed by atoms with E-state index in [0.29, 0.717) is 13.0 Å². The highest BCUT2D eigenvalue weighted by molar-refractivity contribution is 5.70. The molecule has 0 amide bonds. The highest BCUT2D eigenvalue weighted by atomic mass is 16.5. The average molecular weight is 386 g/mol. The van der Waals surface area contributed by atoms with Crippen molar-refractivity contribution in [2.45, 2.75) is 45.8 Å². The van der Waals surface area contributed by atoms with Crippen LogP contribution in [0.1, 0.15) is 44.4 Å². The molecule has 152 valence electrons. The first-order valence-corrected chi connectivity index (χ1v) is 9.66. The Labute approximate surface area is 168 Å². The number of hydrogen-bond acceptors (Lipinski definition) is 5. The van der Waals surface area contributed by atoms with Crippen molar-refractivity contribution in [2.75, 3.05) is 20.8 Å². The van der Waals surface area contributed by atoms with Gasteiger partial charge in [0.25, 0.3) is 0 Å². The highest BCUT2D eigenvalue weighted by Crippen LogP contribution is 2.28. The fourth-order valence-electron chi connectivity index (χ4n) is 3.27. The summed E-state index contributed by atoms with van der Waals surface area (Å²) in [5.41, 5.74) is 2.34. The van der Waals surface area contributed by atoms with Crippen LogP contribution in [-0.2, 0) is 16.1 Å². The van der Waals surface area contributed by atoms with Crippen LogP contribution < -0.4 is 9.47 Å². The molecule has 0 spiro atoms. The van der Waals surface area contributed by atoms with Crippen molar-refractivity contribution >= 4 is 5.97 Å². The third-order valence-electron chi connectivity index (χ3n) is 4.95. The van der Waals surface area contributed by atoms with E-state index in [9.17, 15) is 4.79 Å². The van der Waals surface area contributed by atoms with Crippen LogP contribution in [-0.4, -0.2) is 37.7 Å². The number of methoxy groups -OCH3 is 2. The first-order valence-electron chi connectivity index (χ1n) is 9.66. The van der Waals surface area contributed by atoms with E-state index in [2.05, 4.69) is 43.0 Å². The van der Waals surface area contributed by atoms with Gasteiger partial charge in [-0.25, -0.2) is 0 Å². The van der Waals surface area contributed by atoms with Crippen LogP contribution in [0.5, 0.6) is 11.5 Å². The normalized spacial score (nSPS) is 13.1. The van der Waals surface area contributed by atoms with Gasteiger partial charge < -0.3 is 14.2 Å². The number of carbonyl (C=O) groups excluding carboxylic acids is 1. The smallest absolute Gasteiger partial charge is 0.307 e. The summed E-state index contributed by atoms with van der Waals surface area (Å²) < 4.78 is 15.7. The van der Waals surface area contributed by atoms with Crippen molar-refractivity contribution in [2.24, 2.45) is 0 Å². The average Bonchev–Trinajstić information content (AvgIpc) is 2.72. The van der Waals surface area contributed by atoms with Gasteiger partial charge in [-0.2, -0.15) is 0 Å². The van der Waals surface area contributed by atoms with Crippen molar-refractivity contribution in [3.05, 3.63) is 59.7 Å². The third-order valence-corrected chi connectivity index (χ3v) is 4.95. The minimum Gasteiger partial charge on any atom is -0.497 e. The number of carbonyl (C=O) groups is 1. The Morgan fingerprint density at radius 1 is 0.929 bits per heavy atom. The number of rotatable bonds is 10. The zero-order valence-electron chi connectivity index (χ0n) is 17.5. The molecule has 0 saturated heterocycles. The van der Waals surface area contributed by atoms with Gasteiger partial charge in [0, 0.05) is 18.6 Å². The van der Waals surface area contributed by atoms with Crippen molar-refractivity contribution < 1.29 is 19.0 Å². The Balaban J connectivity index is 2.23. The summed E-state index contributed by atoms with van der Waals surface area (Å²) >= 11 is 0. The quantitative estimate of drug-likeness (QED) is 0.559. The first-order chi connectivity index (χ1) is 13.5. The summed E-state index contributed by atoms with van der Waals surface area (Å²) in [6.07, 6.45) is 0.352. The predicted molar refractivity (Wildman–Crippen MR) is 111 cm³/mol. The van der Waals surface area contributed by atoms with Crippen molar-refractivity contribution in [3.8, 4) is 11.5 Å². The Kier molecular flexibility index (Phi) is 8.33. The molecule has 2 aromatic carbocycles. The summed E-state index contributed by atoms with van der Waals surface area (Å²) in [5, 5.41) is 0. The summed E-state index contributed by atoms with van der Waals surface area (Å²) in [6, 6.07) is 16.3. The van der Waals surface area contributed by atoms with Crippen LogP contribution in [0.25, 0.3) is 0 Å². The lowest BCUT2D eigenvalue weighted by Gasteiger charge is -2.34. The van der Waals surface area contributed by atoms with E-state index < -0.39 is 0 Å². The van der Waals surface area contributed by atoms with Crippen LogP contribution in [0.2, 0.25) is 0 Å². The molecule has 0 saturated carbocycles. The van der Waals surface area contributed by atoms with Gasteiger partial charge in [-0.3, -0.25) is 9.69 Å². The second-order valence-electron chi connectivity index (χ2n) is 6.83. The van der Waals surface area contributed by atoms with E-state index >= 15 is 0 Å². The Bertz CT molecular complexity index is 727. The Morgan fingerprint density at radius 3 is 1.96 bits per heavy atom. The van der Waals surface area contributed by atoms with Gasteiger partial charge >= 0.3 is 5.97 Å². The van der Waals surface area contributed by atoms with E-state index in [1.54, 1.807) is 14.2 Å². The molecule has 0 aliphatic carbocycles. The van der Waals surface area contributed by atoms with Crippen molar-refractivity contribution in [3.63, 3.8) is 0 Å². The van der Waals surface area contributed by atoms with Gasteiger partial charge in [0.15, 0.2) is 0 Å². The summed E-state index contributed by atoms with van der Waals surface area (Å²) in [6.45, 7) is 7.18. The number of esters is 1. The second kappa shape index (κ2) is 10.7. The maximum Gasteiger partial charge on any atom is 0.307 e. The molecule has 0 radical (unpaired) electrons. The molecule has 2 rings (SSSR count). The van der Waals surface area contributed by atoms with Gasteiger partial charge in [-0.15, -0.1) is 0 Å². The largest absolute Gasteiger partial charge is 0.497 e. The lowest BCUT2D eigenvalue weighted by Crippen LogP contribution is -2.36. The summed E-state index contributed by atoms with van der Waals surface area (Å²) in [7, 11) is 3.32. The molecule has 0 fully saturated rings. The molecule has 5 nitrogen and oxygen atoms in total. The van der Waals surface area contributed by atoms with Crippen LogP contribution in [0.3, 0.4) is 0 Å². The molecule has 5 heteroatoms. The zero-order valence-corrected chi connectivity index (χ0v) is 17.5. The lowest BCUT2D eigenvalue weighted by atomic mass is 10.0. The van der Waals surface area contributed by atoms with Crippen LogP contribution in [0, 0.1) is 0 Å². The topological polar surface area (TPSA) is 48.0 Å².